The lowest BCUT2D eigenvalue weighted by atomic mass is 9.85. The van der Waals surface area contributed by atoms with Crippen LogP contribution in [0.2, 0.25) is 0 Å². The number of aliphatic hydroxyl groups excluding tert-OH is 3. The van der Waals surface area contributed by atoms with E-state index in [1.165, 1.54) is 36.1 Å². The number of sulfone groups is 1. The molecule has 1 aliphatic rings. The maximum absolute atomic E-state index is 14.2. The molecule has 2 amide bonds. The molecule has 1 heterocycles. The minimum Gasteiger partial charge on any atom is -0.462 e. The first-order chi connectivity index (χ1) is 24.4. The van der Waals surface area contributed by atoms with Gasteiger partial charge in [-0.1, -0.05) is 51.7 Å². The zero-order valence-corrected chi connectivity index (χ0v) is 31.3. The molecule has 0 saturated carbocycles. The number of aliphatic hydroxyl groups is 3. The normalized spacial score (nSPS) is 18.8. The van der Waals surface area contributed by atoms with E-state index < -0.39 is 70.3 Å². The van der Waals surface area contributed by atoms with Crippen molar-refractivity contribution in [2.24, 2.45) is 0 Å². The molecule has 2 aromatic rings. The van der Waals surface area contributed by atoms with E-state index in [9.17, 15) is 48.1 Å². The van der Waals surface area contributed by atoms with E-state index in [0.29, 0.717) is 36.9 Å². The molecule has 52 heavy (non-hydrogen) atoms. The van der Waals surface area contributed by atoms with Crippen LogP contribution in [0.25, 0.3) is 0 Å². The van der Waals surface area contributed by atoms with Gasteiger partial charge in [0, 0.05) is 39.2 Å². The fourth-order valence-corrected chi connectivity index (χ4v) is 8.43. The predicted molar refractivity (Wildman–Crippen MR) is 190 cm³/mol. The second-order valence-electron chi connectivity index (χ2n) is 13.2. The van der Waals surface area contributed by atoms with Crippen LogP contribution >= 0.6 is 0 Å². The van der Waals surface area contributed by atoms with E-state index >= 15 is 0 Å². The van der Waals surface area contributed by atoms with Crippen molar-refractivity contribution < 1.29 is 57.6 Å². The average molecular weight is 750 g/mol. The molecule has 0 saturated heterocycles. The molecule has 0 aromatic heterocycles. The highest BCUT2D eigenvalue weighted by molar-refractivity contribution is 7.91. The zero-order valence-electron chi connectivity index (χ0n) is 30.4. The number of rotatable bonds is 16. The quantitative estimate of drug-likeness (QED) is 0.156. The highest BCUT2D eigenvalue weighted by atomic mass is 32.2. The number of esters is 2. The predicted octanol–water partition coefficient (Wildman–Crippen LogP) is 2.87. The third kappa shape index (κ3) is 10.1. The third-order valence-corrected chi connectivity index (χ3v) is 11.2. The lowest BCUT2D eigenvalue weighted by Gasteiger charge is -2.42. The van der Waals surface area contributed by atoms with Gasteiger partial charge in [0.2, 0.25) is 5.91 Å². The molecule has 2 aromatic carbocycles. The summed E-state index contributed by atoms with van der Waals surface area (Å²) in [5, 5.41) is 47.9. The minimum atomic E-state index is -3.98. The number of hydrogen-bond acceptors (Lipinski definition) is 13. The Bertz CT molecular complexity index is 1690. The number of nitrogens with one attached hydrogen (secondary N) is 1. The van der Waals surface area contributed by atoms with Crippen LogP contribution in [-0.2, 0) is 38.5 Å². The number of amides is 2. The number of fused-ring (bicyclic) bond motifs is 1. The van der Waals surface area contributed by atoms with Crippen LogP contribution in [0.5, 0.6) is 0 Å². The summed E-state index contributed by atoms with van der Waals surface area (Å²) in [6.07, 6.45) is -4.56. The zero-order chi connectivity index (χ0) is 39.0. The van der Waals surface area contributed by atoms with E-state index in [-0.39, 0.29) is 27.8 Å². The number of anilines is 2. The summed E-state index contributed by atoms with van der Waals surface area (Å²) in [6, 6.07) is 9.59. The van der Waals surface area contributed by atoms with Gasteiger partial charge in [0.05, 0.1) is 22.2 Å². The van der Waals surface area contributed by atoms with Crippen molar-refractivity contribution in [2.75, 3.05) is 29.6 Å². The van der Waals surface area contributed by atoms with Gasteiger partial charge in [-0.05, 0) is 54.3 Å². The van der Waals surface area contributed by atoms with Crippen molar-refractivity contribution in [3.05, 3.63) is 53.6 Å². The summed E-state index contributed by atoms with van der Waals surface area (Å²) < 4.78 is 38.0. The van der Waals surface area contributed by atoms with Crippen LogP contribution in [0.1, 0.15) is 90.3 Å². The maximum atomic E-state index is 14.2. The molecule has 16 heteroatoms. The first-order valence-electron chi connectivity index (χ1n) is 17.2. The number of ether oxygens (including phenoxy) is 2. The van der Waals surface area contributed by atoms with Crippen LogP contribution in [-0.4, -0.2) is 107 Å². The number of hydrogen-bond donors (Lipinski definition) is 5. The highest BCUT2D eigenvalue weighted by Crippen LogP contribution is 2.46. The summed E-state index contributed by atoms with van der Waals surface area (Å²) in [5.74, 6) is -3.44. The molecule has 15 nitrogen and oxygen atoms in total. The van der Waals surface area contributed by atoms with Crippen LogP contribution in [0.3, 0.4) is 0 Å². The van der Waals surface area contributed by atoms with Crippen LogP contribution < -0.4 is 10.2 Å². The minimum absolute atomic E-state index is 0.00909. The van der Waals surface area contributed by atoms with E-state index in [2.05, 4.69) is 5.32 Å². The summed E-state index contributed by atoms with van der Waals surface area (Å²) in [6.45, 7) is 6.76. The van der Waals surface area contributed by atoms with E-state index in [0.717, 1.165) is 31.8 Å². The van der Waals surface area contributed by atoms with Gasteiger partial charge in [-0.15, -0.1) is 0 Å². The van der Waals surface area contributed by atoms with E-state index in [4.69, 9.17) is 9.47 Å². The molecule has 1 unspecified atom stereocenters. The fraction of sp³-hybridized carbons (Fsp3) is 0.556. The lowest BCUT2D eigenvalue weighted by molar-refractivity contribution is -0.194. The van der Waals surface area contributed by atoms with Crippen LogP contribution in [0.4, 0.5) is 11.4 Å². The molecular weight excluding hydrogens is 698 g/mol. The van der Waals surface area contributed by atoms with Gasteiger partial charge in [-0.2, -0.15) is 5.06 Å². The Kier molecular flexibility index (Phi) is 14.9. The number of carbonyl (C=O) groups is 4. The number of benzene rings is 2. The van der Waals surface area contributed by atoms with Gasteiger partial charge in [-0.3, -0.25) is 19.2 Å². The van der Waals surface area contributed by atoms with Gasteiger partial charge < -0.3 is 40.2 Å². The largest absolute Gasteiger partial charge is 0.462 e. The Hall–Kier alpha value is -3.93. The standard InChI is InChI=1S/C36H51N3O12S/c1-7-9-16-36(17-10-8-2)21-52(48,49)30-15-14-27(38(6)22(3)40)19-28(30)31(39(36)47)25-12-11-13-26(18-25)37-35(46)34(45)33(44)32(43)29(51-24(5)42)20-50-23(4)41/h11-15,18-19,29,31-34,43-45,47H,7-10,16-17,20-21H2,1-6H3,(H,37,46)/t29-,31?,32-,33+,34-/m1/s1. The first kappa shape index (κ1) is 42.5. The maximum Gasteiger partial charge on any atom is 0.303 e. The van der Waals surface area contributed by atoms with Gasteiger partial charge in [0.15, 0.2) is 22.0 Å². The van der Waals surface area contributed by atoms with Gasteiger partial charge in [-0.25, -0.2) is 8.42 Å². The van der Waals surface area contributed by atoms with Gasteiger partial charge >= 0.3 is 11.9 Å². The SMILES string of the molecule is CCCCC1(CCCC)CS(=O)(=O)c2ccc(N(C)C(C)=O)cc2C(c2cccc(NC(=O)[C@H](O)[C@@H](O)[C@H](O)[C@@H](COC(C)=O)OC(C)=O)c2)N1O. The topological polar surface area (TPSA) is 220 Å². The molecule has 1 aliphatic heterocycles. The highest BCUT2D eigenvalue weighted by Gasteiger charge is 2.48. The molecule has 0 fully saturated rings. The fourth-order valence-electron chi connectivity index (χ4n) is 6.34. The monoisotopic (exact) mass is 749 g/mol. The average Bonchev–Trinajstić information content (AvgIpc) is 3.16. The number of unbranched alkanes of at least 4 members (excludes halogenated alkanes) is 2. The van der Waals surface area contributed by atoms with Crippen LogP contribution in [0.15, 0.2) is 47.4 Å². The number of carbonyl (C=O) groups excluding carboxylic acids is 4. The number of hydroxylamine groups is 2. The Balaban J connectivity index is 2.09. The molecule has 0 spiro atoms. The Morgan fingerprint density at radius 1 is 0.962 bits per heavy atom. The van der Waals surface area contributed by atoms with Crippen LogP contribution in [0, 0.1) is 0 Å². The summed E-state index contributed by atoms with van der Waals surface area (Å²) in [5.41, 5.74) is -0.122. The van der Waals surface area contributed by atoms with Crippen molar-refractivity contribution >= 4 is 45.0 Å². The van der Waals surface area contributed by atoms with Crippen molar-refractivity contribution in [1.29, 1.82) is 0 Å². The van der Waals surface area contributed by atoms with Crippen molar-refractivity contribution in [2.45, 2.75) is 114 Å². The second-order valence-corrected chi connectivity index (χ2v) is 15.2. The van der Waals surface area contributed by atoms with E-state index in [1.54, 1.807) is 25.2 Å². The molecule has 288 valence electrons. The molecule has 0 aliphatic carbocycles. The molecule has 0 radical (unpaired) electrons. The molecule has 0 bridgehead atoms. The number of nitrogens with zero attached hydrogens (tertiary/aromatic N) is 2. The van der Waals surface area contributed by atoms with Gasteiger partial charge in [0.1, 0.15) is 18.8 Å². The van der Waals surface area contributed by atoms with Crippen molar-refractivity contribution in [1.82, 2.24) is 5.06 Å². The first-order valence-corrected chi connectivity index (χ1v) is 18.9. The molecule has 5 atom stereocenters. The summed E-state index contributed by atoms with van der Waals surface area (Å²) >= 11 is 0. The molecule has 5 N–H and O–H groups in total. The summed E-state index contributed by atoms with van der Waals surface area (Å²) in [4.78, 5) is 49.7. The third-order valence-electron chi connectivity index (χ3n) is 9.22. The van der Waals surface area contributed by atoms with Gasteiger partial charge in [0.25, 0.3) is 5.91 Å². The Morgan fingerprint density at radius 2 is 1.60 bits per heavy atom. The van der Waals surface area contributed by atoms with Crippen molar-refractivity contribution in [3.63, 3.8) is 0 Å². The molecular formula is C36H51N3O12S. The summed E-state index contributed by atoms with van der Waals surface area (Å²) in [7, 11) is -2.44. The lowest BCUT2D eigenvalue weighted by Crippen LogP contribution is -2.52. The second kappa shape index (κ2) is 18.2. The van der Waals surface area contributed by atoms with Crippen molar-refractivity contribution in [3.8, 4) is 0 Å². The smallest absolute Gasteiger partial charge is 0.303 e. The Morgan fingerprint density at radius 3 is 2.15 bits per heavy atom. The molecule has 3 rings (SSSR count). The van der Waals surface area contributed by atoms with E-state index in [1.807, 2.05) is 13.8 Å². The Labute approximate surface area is 304 Å².